The zero-order chi connectivity index (χ0) is 23.3. The molecule has 1 aliphatic heterocycles. The molecule has 6 nitrogen and oxygen atoms in total. The van der Waals surface area contributed by atoms with Crippen LogP contribution in [0.15, 0.2) is 101 Å². The number of carbonyl (C=O) groups excluding carboxylic acids is 1. The first kappa shape index (κ1) is 21.7. The van der Waals surface area contributed by atoms with E-state index in [2.05, 4.69) is 10.3 Å². The summed E-state index contributed by atoms with van der Waals surface area (Å²) in [6.45, 7) is 2.55. The normalized spacial score (nSPS) is 15.6. The Kier molecular flexibility index (Phi) is 6.27. The van der Waals surface area contributed by atoms with Crippen LogP contribution in [0, 0.1) is 0 Å². The van der Waals surface area contributed by atoms with Gasteiger partial charge in [0.05, 0.1) is 28.6 Å². The smallest absolute Gasteiger partial charge is 0.289 e. The molecule has 0 aliphatic carbocycles. The van der Waals surface area contributed by atoms with Crippen LogP contribution in [0.25, 0.3) is 23.0 Å². The fourth-order valence-electron chi connectivity index (χ4n) is 3.59. The maximum absolute atomic E-state index is 12.3. The Balaban J connectivity index is 1.55. The van der Waals surface area contributed by atoms with E-state index in [1.807, 2.05) is 109 Å². The largest absolute Gasteiger partial charge is 0.494 e. The molecule has 7 heteroatoms. The minimum atomic E-state index is -0.160. The third-order valence-electron chi connectivity index (χ3n) is 5.14. The number of amides is 1. The molecule has 168 valence electrons. The molecule has 0 saturated carbocycles. The highest BCUT2D eigenvalue weighted by Gasteiger charge is 2.25. The Morgan fingerprint density at radius 3 is 2.41 bits per heavy atom. The van der Waals surface area contributed by atoms with Crippen molar-refractivity contribution in [3.05, 3.63) is 102 Å². The second-order valence-corrected chi connectivity index (χ2v) is 8.50. The van der Waals surface area contributed by atoms with Gasteiger partial charge in [0.25, 0.3) is 5.24 Å². The van der Waals surface area contributed by atoms with E-state index in [1.165, 1.54) is 0 Å². The molecule has 0 radical (unpaired) electrons. The molecule has 1 amide bonds. The lowest BCUT2D eigenvalue weighted by atomic mass is 10.1. The van der Waals surface area contributed by atoms with E-state index in [9.17, 15) is 4.79 Å². The summed E-state index contributed by atoms with van der Waals surface area (Å²) in [6, 6.07) is 27.4. The lowest BCUT2D eigenvalue weighted by Crippen LogP contribution is -2.18. The van der Waals surface area contributed by atoms with E-state index < -0.39 is 0 Å². The second kappa shape index (κ2) is 9.80. The fourth-order valence-corrected chi connectivity index (χ4v) is 4.32. The van der Waals surface area contributed by atoms with Crippen molar-refractivity contribution < 1.29 is 9.53 Å². The number of aromatic nitrogens is 2. The van der Waals surface area contributed by atoms with Crippen LogP contribution in [0.4, 0.5) is 10.5 Å². The number of hydrogen-bond acceptors (Lipinski definition) is 5. The van der Waals surface area contributed by atoms with Gasteiger partial charge in [0.2, 0.25) is 0 Å². The SMILES string of the molecule is CCOc1ccc(N=C2NC(=O)SC2=Cc2cn(-c3ccccc3)nc2-c2ccccc2)cc1. The van der Waals surface area contributed by atoms with Gasteiger partial charge in [0.1, 0.15) is 11.6 Å². The van der Waals surface area contributed by atoms with E-state index in [4.69, 9.17) is 9.84 Å². The van der Waals surface area contributed by atoms with Crippen molar-refractivity contribution in [3.8, 4) is 22.7 Å². The van der Waals surface area contributed by atoms with Gasteiger partial charge in [-0.15, -0.1) is 0 Å². The van der Waals surface area contributed by atoms with Crippen LogP contribution in [0.3, 0.4) is 0 Å². The zero-order valence-corrected chi connectivity index (χ0v) is 19.3. The summed E-state index contributed by atoms with van der Waals surface area (Å²) in [5, 5.41) is 7.55. The van der Waals surface area contributed by atoms with Crippen LogP contribution in [0.5, 0.6) is 5.75 Å². The number of nitrogens with one attached hydrogen (secondary N) is 1. The van der Waals surface area contributed by atoms with Crippen LogP contribution in [-0.2, 0) is 0 Å². The molecular weight excluding hydrogens is 444 g/mol. The van der Waals surface area contributed by atoms with Gasteiger partial charge < -0.3 is 10.1 Å². The molecule has 1 aromatic heterocycles. The van der Waals surface area contributed by atoms with E-state index in [-0.39, 0.29) is 5.24 Å². The maximum atomic E-state index is 12.3. The Bertz CT molecular complexity index is 1360. The number of aliphatic imine (C=N–C) groups is 1. The van der Waals surface area contributed by atoms with Crippen molar-refractivity contribution >= 4 is 34.6 Å². The molecule has 1 saturated heterocycles. The predicted molar refractivity (Wildman–Crippen MR) is 138 cm³/mol. The monoisotopic (exact) mass is 466 g/mol. The lowest BCUT2D eigenvalue weighted by Gasteiger charge is -2.03. The van der Waals surface area contributed by atoms with Gasteiger partial charge in [0.15, 0.2) is 0 Å². The number of amidine groups is 1. The van der Waals surface area contributed by atoms with E-state index in [0.29, 0.717) is 12.4 Å². The van der Waals surface area contributed by atoms with Gasteiger partial charge in [-0.25, -0.2) is 9.67 Å². The third-order valence-corrected chi connectivity index (χ3v) is 5.96. The molecule has 0 spiro atoms. The van der Waals surface area contributed by atoms with Crippen LogP contribution < -0.4 is 10.1 Å². The minimum absolute atomic E-state index is 0.160. The van der Waals surface area contributed by atoms with Gasteiger partial charge >= 0.3 is 0 Å². The summed E-state index contributed by atoms with van der Waals surface area (Å²) in [4.78, 5) is 17.7. The molecule has 4 aromatic rings. The molecular formula is C27H22N4O2S. The number of rotatable bonds is 6. The number of ether oxygens (including phenoxy) is 1. The number of thioether (sulfide) groups is 1. The van der Waals surface area contributed by atoms with Gasteiger partial charge in [0, 0.05) is 17.3 Å². The van der Waals surface area contributed by atoms with E-state index in [0.717, 1.165) is 50.6 Å². The average Bonchev–Trinajstić information content (AvgIpc) is 3.45. The minimum Gasteiger partial charge on any atom is -0.494 e. The highest BCUT2D eigenvalue weighted by Crippen LogP contribution is 2.32. The highest BCUT2D eigenvalue weighted by atomic mass is 32.2. The molecule has 5 rings (SSSR count). The van der Waals surface area contributed by atoms with Crippen molar-refractivity contribution in [2.75, 3.05) is 6.61 Å². The number of hydrogen-bond donors (Lipinski definition) is 1. The van der Waals surface area contributed by atoms with Crippen molar-refractivity contribution in [1.29, 1.82) is 0 Å². The highest BCUT2D eigenvalue weighted by molar-refractivity contribution is 8.18. The average molecular weight is 467 g/mol. The van der Waals surface area contributed by atoms with Gasteiger partial charge in [-0.05, 0) is 61.2 Å². The Labute approximate surface area is 202 Å². The van der Waals surface area contributed by atoms with Gasteiger partial charge in [-0.1, -0.05) is 48.5 Å². The standard InChI is InChI=1S/C27H22N4O2S/c1-2-33-23-15-13-21(14-16-23)28-26-24(34-27(32)29-26)17-20-18-31(22-11-7-4-8-12-22)30-25(20)19-9-5-3-6-10-19/h3-18H,2H2,1H3,(H,28,29,32). The van der Waals surface area contributed by atoms with E-state index in [1.54, 1.807) is 0 Å². The first-order valence-corrected chi connectivity index (χ1v) is 11.7. The number of benzene rings is 3. The fraction of sp³-hybridized carbons (Fsp3) is 0.0741. The predicted octanol–water partition coefficient (Wildman–Crippen LogP) is 6.47. The molecule has 0 unspecified atom stereocenters. The second-order valence-electron chi connectivity index (χ2n) is 7.49. The molecule has 1 N–H and O–H groups in total. The number of carbonyl (C=O) groups is 1. The summed E-state index contributed by atoms with van der Waals surface area (Å²) in [7, 11) is 0. The van der Waals surface area contributed by atoms with Crippen LogP contribution >= 0.6 is 11.8 Å². The molecule has 0 bridgehead atoms. The number of nitrogens with zero attached hydrogens (tertiary/aromatic N) is 3. The zero-order valence-electron chi connectivity index (χ0n) is 18.5. The summed E-state index contributed by atoms with van der Waals surface area (Å²) >= 11 is 1.13. The van der Waals surface area contributed by atoms with Crippen molar-refractivity contribution in [2.45, 2.75) is 6.92 Å². The quantitative estimate of drug-likeness (QED) is 0.354. The topological polar surface area (TPSA) is 68.5 Å². The first-order chi connectivity index (χ1) is 16.7. The van der Waals surface area contributed by atoms with E-state index >= 15 is 0 Å². The molecule has 0 atom stereocenters. The van der Waals surface area contributed by atoms with Crippen LogP contribution in [0.2, 0.25) is 0 Å². The molecule has 2 heterocycles. The van der Waals surface area contributed by atoms with Gasteiger partial charge in [-0.3, -0.25) is 4.79 Å². The van der Waals surface area contributed by atoms with Crippen molar-refractivity contribution in [3.63, 3.8) is 0 Å². The Morgan fingerprint density at radius 1 is 1.00 bits per heavy atom. The summed E-state index contributed by atoms with van der Waals surface area (Å²) < 4.78 is 7.35. The summed E-state index contributed by atoms with van der Waals surface area (Å²) in [6.07, 6.45) is 3.94. The summed E-state index contributed by atoms with van der Waals surface area (Å²) in [5.41, 5.74) is 4.42. The third kappa shape index (κ3) is 4.79. The molecule has 34 heavy (non-hydrogen) atoms. The Hall–Kier alpha value is -4.10. The van der Waals surface area contributed by atoms with Crippen molar-refractivity contribution in [1.82, 2.24) is 15.1 Å². The summed E-state index contributed by atoms with van der Waals surface area (Å²) in [5.74, 6) is 1.30. The number of para-hydroxylation sites is 1. The maximum Gasteiger partial charge on any atom is 0.289 e. The Morgan fingerprint density at radius 2 is 1.71 bits per heavy atom. The molecule has 1 aliphatic rings. The first-order valence-electron chi connectivity index (χ1n) is 10.9. The van der Waals surface area contributed by atoms with Crippen molar-refractivity contribution in [2.24, 2.45) is 4.99 Å². The van der Waals surface area contributed by atoms with Gasteiger partial charge in [-0.2, -0.15) is 5.10 Å². The lowest BCUT2D eigenvalue weighted by molar-refractivity contribution is 0.265. The molecule has 3 aromatic carbocycles. The van der Waals surface area contributed by atoms with Crippen LogP contribution in [-0.4, -0.2) is 27.5 Å². The molecule has 1 fully saturated rings. The van der Waals surface area contributed by atoms with Crippen LogP contribution in [0.1, 0.15) is 12.5 Å².